The zero-order valence-corrected chi connectivity index (χ0v) is 17.2. The third-order valence-corrected chi connectivity index (χ3v) is 3.67. The van der Waals surface area contributed by atoms with Crippen LogP contribution < -0.4 is 21.5 Å². The molecule has 0 saturated carbocycles. The van der Waals surface area contributed by atoms with Crippen LogP contribution in [0.25, 0.3) is 0 Å². The molecule has 0 radical (unpaired) electrons. The van der Waals surface area contributed by atoms with Crippen molar-refractivity contribution in [3.05, 3.63) is 65.5 Å². The van der Waals surface area contributed by atoms with Crippen molar-refractivity contribution in [2.45, 2.75) is 32.9 Å². The van der Waals surface area contributed by atoms with Crippen molar-refractivity contribution < 1.29 is 18.7 Å². The Bertz CT molecular complexity index is 882. The molecule has 4 N–H and O–H groups in total. The van der Waals surface area contributed by atoms with Gasteiger partial charge in [0.05, 0.1) is 0 Å². The zero-order chi connectivity index (χ0) is 21.4. The number of amides is 2. The number of anilines is 1. The minimum absolute atomic E-state index is 0.200. The minimum Gasteiger partial charge on any atom is -0.444 e. The van der Waals surface area contributed by atoms with Crippen LogP contribution in [0.1, 0.15) is 36.7 Å². The average molecular weight is 418 g/mol. The smallest absolute Gasteiger partial charge is 0.412 e. The van der Waals surface area contributed by atoms with Gasteiger partial charge in [-0.1, -0.05) is 18.2 Å². The molecule has 29 heavy (non-hydrogen) atoms. The van der Waals surface area contributed by atoms with Gasteiger partial charge in [0.2, 0.25) is 0 Å². The Morgan fingerprint density at radius 1 is 1.07 bits per heavy atom. The van der Waals surface area contributed by atoms with Crippen molar-refractivity contribution >= 4 is 35.0 Å². The highest BCUT2D eigenvalue weighted by molar-refractivity contribution is 7.80. The van der Waals surface area contributed by atoms with E-state index in [2.05, 4.69) is 21.5 Å². The zero-order valence-electron chi connectivity index (χ0n) is 16.3. The molecule has 0 fully saturated rings. The largest absolute Gasteiger partial charge is 0.444 e. The van der Waals surface area contributed by atoms with E-state index in [-0.39, 0.29) is 10.9 Å². The van der Waals surface area contributed by atoms with Gasteiger partial charge in [-0.15, -0.1) is 0 Å². The molecule has 9 heteroatoms. The number of hydrogen-bond donors (Lipinski definition) is 4. The van der Waals surface area contributed by atoms with Gasteiger partial charge < -0.3 is 10.1 Å². The van der Waals surface area contributed by atoms with Gasteiger partial charge in [0.15, 0.2) is 5.11 Å². The lowest BCUT2D eigenvalue weighted by Crippen LogP contribution is -2.46. The van der Waals surface area contributed by atoms with Crippen molar-refractivity contribution in [3.8, 4) is 0 Å². The van der Waals surface area contributed by atoms with E-state index in [1.54, 1.807) is 51.1 Å². The Morgan fingerprint density at radius 2 is 1.76 bits per heavy atom. The summed E-state index contributed by atoms with van der Waals surface area (Å²) < 4.78 is 18.1. The topological polar surface area (TPSA) is 91.5 Å². The van der Waals surface area contributed by atoms with Gasteiger partial charge in [-0.05, 0) is 68.9 Å². The fourth-order valence-electron chi connectivity index (χ4n) is 2.17. The lowest BCUT2D eigenvalue weighted by molar-refractivity contribution is 0.0635. The lowest BCUT2D eigenvalue weighted by Gasteiger charge is -2.19. The molecule has 7 nitrogen and oxygen atoms in total. The Kier molecular flexibility index (Phi) is 7.49. The second-order valence-corrected chi connectivity index (χ2v) is 7.50. The van der Waals surface area contributed by atoms with Gasteiger partial charge in [-0.25, -0.2) is 9.18 Å². The maximum absolute atomic E-state index is 12.9. The fourth-order valence-corrected chi connectivity index (χ4v) is 2.30. The van der Waals surface area contributed by atoms with Crippen molar-refractivity contribution in [2.24, 2.45) is 0 Å². The first-order chi connectivity index (χ1) is 13.6. The third kappa shape index (κ3) is 8.14. The molecule has 0 unspecified atom stereocenters. The summed E-state index contributed by atoms with van der Waals surface area (Å²) in [7, 11) is 0. The molecule has 0 bridgehead atoms. The number of ether oxygens (including phenoxy) is 1. The summed E-state index contributed by atoms with van der Waals surface area (Å²) >= 11 is 5.10. The van der Waals surface area contributed by atoms with Gasteiger partial charge in [-0.3, -0.25) is 21.0 Å². The van der Waals surface area contributed by atoms with Crippen molar-refractivity contribution in [3.63, 3.8) is 0 Å². The van der Waals surface area contributed by atoms with Crippen LogP contribution in [0, 0.1) is 5.82 Å². The summed E-state index contributed by atoms with van der Waals surface area (Å²) in [5, 5.41) is 5.67. The minimum atomic E-state index is -0.625. The summed E-state index contributed by atoms with van der Waals surface area (Å²) in [6.45, 7) is 5.65. The maximum atomic E-state index is 12.9. The number of carbonyl (C=O) groups excluding carboxylic acids is 2. The highest BCUT2D eigenvalue weighted by atomic mass is 32.1. The Morgan fingerprint density at radius 3 is 2.41 bits per heavy atom. The normalized spacial score (nSPS) is 10.6. The lowest BCUT2D eigenvalue weighted by atomic mass is 10.2. The van der Waals surface area contributed by atoms with E-state index in [9.17, 15) is 14.0 Å². The summed E-state index contributed by atoms with van der Waals surface area (Å²) in [6.07, 6.45) is -0.612. The summed E-state index contributed by atoms with van der Waals surface area (Å²) in [5.74, 6) is -0.756. The number of hydrazine groups is 1. The molecule has 0 aliphatic rings. The van der Waals surface area contributed by atoms with Crippen LogP contribution in [-0.2, 0) is 11.3 Å². The third-order valence-electron chi connectivity index (χ3n) is 3.43. The molecule has 0 aliphatic heterocycles. The van der Waals surface area contributed by atoms with E-state index in [4.69, 9.17) is 17.0 Å². The molecule has 0 heterocycles. The number of benzene rings is 2. The van der Waals surface area contributed by atoms with Crippen LogP contribution in [0.5, 0.6) is 0 Å². The van der Waals surface area contributed by atoms with Crippen LogP contribution in [0.4, 0.5) is 14.9 Å². The number of thiocarbonyl (C=S) groups is 1. The van der Waals surface area contributed by atoms with Gasteiger partial charge in [0.25, 0.3) is 5.91 Å². The standard InChI is InChI=1S/C20H23FN4O3S/c1-20(2,3)28-19(27)23-16-6-4-5-14(11-16)17(26)24-25-18(29)22-12-13-7-9-15(21)10-8-13/h4-11H,12H2,1-3H3,(H,23,27)(H,24,26)(H2,22,25,29). The van der Waals surface area contributed by atoms with Crippen LogP contribution in [0.15, 0.2) is 48.5 Å². The number of hydrogen-bond acceptors (Lipinski definition) is 4. The first kappa shape index (κ1) is 22.1. The molecule has 0 saturated heterocycles. The van der Waals surface area contributed by atoms with Gasteiger partial charge in [0.1, 0.15) is 11.4 Å². The molecule has 154 valence electrons. The average Bonchev–Trinajstić information content (AvgIpc) is 2.64. The molecular formula is C20H23FN4O3S. The molecular weight excluding hydrogens is 395 g/mol. The molecule has 0 aliphatic carbocycles. The van der Waals surface area contributed by atoms with Crippen LogP contribution in [0.3, 0.4) is 0 Å². The molecule has 0 aromatic heterocycles. The predicted molar refractivity (Wildman–Crippen MR) is 113 cm³/mol. The van der Waals surface area contributed by atoms with E-state index >= 15 is 0 Å². The SMILES string of the molecule is CC(C)(C)OC(=O)Nc1cccc(C(=O)NNC(=S)NCc2ccc(F)cc2)c1. The van der Waals surface area contributed by atoms with Crippen molar-refractivity contribution in [2.75, 3.05) is 5.32 Å². The molecule has 0 spiro atoms. The Labute approximate surface area is 174 Å². The van der Waals surface area contributed by atoms with Crippen LogP contribution >= 0.6 is 12.2 Å². The molecule has 2 aromatic carbocycles. The number of halogens is 1. The summed E-state index contributed by atoms with van der Waals surface area (Å²) in [5.41, 5.74) is 6.00. The van der Waals surface area contributed by atoms with E-state index < -0.39 is 17.6 Å². The molecule has 2 amide bonds. The Balaban J connectivity index is 1.83. The van der Waals surface area contributed by atoms with E-state index in [0.717, 1.165) is 5.56 Å². The van der Waals surface area contributed by atoms with Gasteiger partial charge in [-0.2, -0.15) is 0 Å². The molecule has 2 rings (SSSR count). The Hall–Kier alpha value is -3.20. The van der Waals surface area contributed by atoms with Gasteiger partial charge in [0, 0.05) is 17.8 Å². The maximum Gasteiger partial charge on any atom is 0.412 e. The second kappa shape index (κ2) is 9.83. The number of rotatable bonds is 4. The van der Waals surface area contributed by atoms with Crippen molar-refractivity contribution in [1.82, 2.24) is 16.2 Å². The first-order valence-electron chi connectivity index (χ1n) is 8.81. The van der Waals surface area contributed by atoms with E-state index in [0.29, 0.717) is 17.8 Å². The monoisotopic (exact) mass is 418 g/mol. The number of nitrogens with one attached hydrogen (secondary N) is 4. The summed E-state index contributed by atoms with van der Waals surface area (Å²) in [6, 6.07) is 12.3. The predicted octanol–water partition coefficient (Wildman–Crippen LogP) is 3.48. The first-order valence-corrected chi connectivity index (χ1v) is 9.22. The summed E-state index contributed by atoms with van der Waals surface area (Å²) in [4.78, 5) is 24.1. The van der Waals surface area contributed by atoms with Crippen LogP contribution in [0.2, 0.25) is 0 Å². The van der Waals surface area contributed by atoms with Crippen LogP contribution in [-0.4, -0.2) is 22.7 Å². The number of carbonyl (C=O) groups is 2. The molecule has 0 atom stereocenters. The van der Waals surface area contributed by atoms with E-state index in [1.165, 1.54) is 18.2 Å². The van der Waals surface area contributed by atoms with Crippen molar-refractivity contribution in [1.29, 1.82) is 0 Å². The second-order valence-electron chi connectivity index (χ2n) is 7.10. The molecule has 2 aromatic rings. The highest BCUT2D eigenvalue weighted by Crippen LogP contribution is 2.13. The fraction of sp³-hybridized carbons (Fsp3) is 0.250. The van der Waals surface area contributed by atoms with Gasteiger partial charge >= 0.3 is 6.09 Å². The highest BCUT2D eigenvalue weighted by Gasteiger charge is 2.16. The quantitative estimate of drug-likeness (QED) is 0.449. The van der Waals surface area contributed by atoms with E-state index in [1.807, 2.05) is 0 Å².